The minimum atomic E-state index is 0.153. The van der Waals surface area contributed by atoms with Gasteiger partial charge in [0.15, 0.2) is 0 Å². The molecule has 0 saturated carbocycles. The molecule has 1 saturated heterocycles. The van der Waals surface area contributed by atoms with Crippen molar-refractivity contribution in [3.8, 4) is 0 Å². The predicted octanol–water partition coefficient (Wildman–Crippen LogP) is 3.87. The van der Waals surface area contributed by atoms with Crippen LogP contribution in [0.1, 0.15) is 29.6 Å². The molecule has 1 unspecified atom stereocenters. The van der Waals surface area contributed by atoms with Gasteiger partial charge in [0.2, 0.25) is 0 Å². The number of nitrogens with zero attached hydrogens (tertiary/aromatic N) is 2. The number of aromatic nitrogens is 1. The maximum Gasteiger partial charge on any atom is 0.253 e. The number of hydrogen-bond acceptors (Lipinski definition) is 2. The number of carbonyl (C=O) groups is 1. The van der Waals surface area contributed by atoms with Crippen LogP contribution in [0.3, 0.4) is 0 Å². The lowest BCUT2D eigenvalue weighted by atomic mass is 9.95. The van der Waals surface area contributed by atoms with E-state index in [1.165, 1.54) is 6.42 Å². The Morgan fingerprint density at radius 1 is 1.38 bits per heavy atom. The lowest BCUT2D eigenvalue weighted by molar-refractivity contribution is 0.0672. The summed E-state index contributed by atoms with van der Waals surface area (Å²) in [7, 11) is 0. The standard InChI is InChI=1S/C17H19BrN2O/c18-8-7-13-3-2-10-20(12-13)17(21)15-5-6-16-14(11-15)4-1-9-19-16/h1,4-6,9,11,13H,2-3,7-8,10,12H2. The number of rotatable bonds is 3. The average molecular weight is 347 g/mol. The highest BCUT2D eigenvalue weighted by Crippen LogP contribution is 2.23. The third kappa shape index (κ3) is 3.26. The molecule has 1 fully saturated rings. The van der Waals surface area contributed by atoms with Gasteiger partial charge in [0.1, 0.15) is 0 Å². The van der Waals surface area contributed by atoms with Crippen molar-refractivity contribution < 1.29 is 4.79 Å². The largest absolute Gasteiger partial charge is 0.338 e. The second-order valence-corrected chi connectivity index (χ2v) is 6.44. The molecule has 2 aromatic rings. The van der Waals surface area contributed by atoms with Crippen LogP contribution >= 0.6 is 15.9 Å². The molecule has 3 rings (SSSR count). The molecule has 0 bridgehead atoms. The molecule has 1 atom stereocenters. The predicted molar refractivity (Wildman–Crippen MR) is 88.8 cm³/mol. The van der Waals surface area contributed by atoms with Crippen molar-refractivity contribution in [1.82, 2.24) is 9.88 Å². The Kier molecular flexibility index (Phi) is 4.54. The minimum Gasteiger partial charge on any atom is -0.338 e. The van der Waals surface area contributed by atoms with E-state index in [0.29, 0.717) is 5.92 Å². The van der Waals surface area contributed by atoms with Gasteiger partial charge in [-0.15, -0.1) is 0 Å². The van der Waals surface area contributed by atoms with E-state index in [-0.39, 0.29) is 5.91 Å². The number of fused-ring (bicyclic) bond motifs is 1. The number of benzene rings is 1. The summed E-state index contributed by atoms with van der Waals surface area (Å²) in [4.78, 5) is 19.0. The van der Waals surface area contributed by atoms with Gasteiger partial charge in [-0.3, -0.25) is 9.78 Å². The van der Waals surface area contributed by atoms with E-state index in [1.54, 1.807) is 6.20 Å². The molecule has 1 aromatic heterocycles. The van der Waals surface area contributed by atoms with Crippen LogP contribution in [0.4, 0.5) is 0 Å². The minimum absolute atomic E-state index is 0.153. The zero-order chi connectivity index (χ0) is 14.7. The summed E-state index contributed by atoms with van der Waals surface area (Å²) >= 11 is 3.50. The maximum absolute atomic E-state index is 12.7. The van der Waals surface area contributed by atoms with Crippen LogP contribution in [-0.4, -0.2) is 34.2 Å². The number of hydrogen-bond donors (Lipinski definition) is 0. The summed E-state index contributed by atoms with van der Waals surface area (Å²) in [6.45, 7) is 1.76. The van der Waals surface area contributed by atoms with Crippen molar-refractivity contribution in [3.63, 3.8) is 0 Å². The monoisotopic (exact) mass is 346 g/mol. The first-order chi connectivity index (χ1) is 10.3. The van der Waals surface area contributed by atoms with E-state index in [2.05, 4.69) is 20.9 Å². The van der Waals surface area contributed by atoms with Crippen molar-refractivity contribution in [2.24, 2.45) is 5.92 Å². The van der Waals surface area contributed by atoms with E-state index in [1.807, 2.05) is 35.2 Å². The Hall–Kier alpha value is -1.42. The number of alkyl halides is 1. The SMILES string of the molecule is O=C(c1ccc2ncccc2c1)N1CCCC(CCBr)C1. The summed E-state index contributed by atoms with van der Waals surface area (Å²) in [6, 6.07) is 9.69. The number of halogens is 1. The Labute approximate surface area is 133 Å². The molecule has 110 valence electrons. The van der Waals surface area contributed by atoms with Gasteiger partial charge in [-0.1, -0.05) is 22.0 Å². The molecule has 3 nitrogen and oxygen atoms in total. The number of likely N-dealkylation sites (tertiary alicyclic amines) is 1. The molecule has 0 N–H and O–H groups in total. The Bertz CT molecular complexity index is 641. The highest BCUT2D eigenvalue weighted by molar-refractivity contribution is 9.09. The lowest BCUT2D eigenvalue weighted by Gasteiger charge is -2.32. The first-order valence-corrected chi connectivity index (χ1v) is 8.60. The van der Waals surface area contributed by atoms with Crippen LogP contribution in [0.25, 0.3) is 10.9 Å². The highest BCUT2D eigenvalue weighted by atomic mass is 79.9. The maximum atomic E-state index is 12.7. The van der Waals surface area contributed by atoms with Crippen LogP contribution in [-0.2, 0) is 0 Å². The molecule has 0 spiro atoms. The second kappa shape index (κ2) is 6.56. The molecule has 0 radical (unpaired) electrons. The van der Waals surface area contributed by atoms with Crippen LogP contribution < -0.4 is 0 Å². The molecule has 2 heterocycles. The number of amides is 1. The Morgan fingerprint density at radius 3 is 3.14 bits per heavy atom. The normalized spacial score (nSPS) is 18.9. The topological polar surface area (TPSA) is 33.2 Å². The molecule has 1 aromatic carbocycles. The third-order valence-corrected chi connectivity index (χ3v) is 4.63. The first-order valence-electron chi connectivity index (χ1n) is 7.48. The molecular weight excluding hydrogens is 328 g/mol. The van der Waals surface area contributed by atoms with Gasteiger partial charge in [-0.2, -0.15) is 0 Å². The third-order valence-electron chi connectivity index (χ3n) is 4.17. The Balaban J connectivity index is 1.79. The van der Waals surface area contributed by atoms with Crippen molar-refractivity contribution in [2.45, 2.75) is 19.3 Å². The molecule has 1 aliphatic heterocycles. The molecule has 0 aliphatic carbocycles. The van der Waals surface area contributed by atoms with Gasteiger partial charge in [-0.05, 0) is 49.4 Å². The van der Waals surface area contributed by atoms with Crippen molar-refractivity contribution >= 4 is 32.7 Å². The number of pyridine rings is 1. The molecular formula is C17H19BrN2O. The van der Waals surface area contributed by atoms with Gasteiger partial charge in [0.05, 0.1) is 5.52 Å². The number of piperidine rings is 1. The smallest absolute Gasteiger partial charge is 0.253 e. The zero-order valence-electron chi connectivity index (χ0n) is 12.0. The fourth-order valence-corrected chi connectivity index (χ4v) is 3.68. The fourth-order valence-electron chi connectivity index (χ4n) is 3.03. The van der Waals surface area contributed by atoms with E-state index in [9.17, 15) is 4.79 Å². The quantitative estimate of drug-likeness (QED) is 0.790. The molecule has 1 aliphatic rings. The summed E-state index contributed by atoms with van der Waals surface area (Å²) in [6.07, 6.45) is 5.26. The van der Waals surface area contributed by atoms with Gasteiger partial charge in [0, 0.05) is 35.6 Å². The fraction of sp³-hybridized carbons (Fsp3) is 0.412. The highest BCUT2D eigenvalue weighted by Gasteiger charge is 2.24. The van der Waals surface area contributed by atoms with Gasteiger partial charge < -0.3 is 4.90 Å². The summed E-state index contributed by atoms with van der Waals surface area (Å²) in [5, 5.41) is 2.04. The summed E-state index contributed by atoms with van der Waals surface area (Å²) in [5.74, 6) is 0.782. The van der Waals surface area contributed by atoms with E-state index in [0.717, 1.165) is 47.7 Å². The van der Waals surface area contributed by atoms with E-state index < -0.39 is 0 Å². The van der Waals surface area contributed by atoms with E-state index in [4.69, 9.17) is 0 Å². The van der Waals surface area contributed by atoms with Crippen LogP contribution in [0.2, 0.25) is 0 Å². The second-order valence-electron chi connectivity index (χ2n) is 5.65. The van der Waals surface area contributed by atoms with Crippen LogP contribution in [0.15, 0.2) is 36.5 Å². The van der Waals surface area contributed by atoms with Crippen molar-refractivity contribution in [1.29, 1.82) is 0 Å². The van der Waals surface area contributed by atoms with Crippen molar-refractivity contribution in [2.75, 3.05) is 18.4 Å². The molecule has 21 heavy (non-hydrogen) atoms. The zero-order valence-corrected chi connectivity index (χ0v) is 13.6. The summed E-state index contributed by atoms with van der Waals surface area (Å²) in [5.41, 5.74) is 1.71. The Morgan fingerprint density at radius 2 is 2.29 bits per heavy atom. The lowest BCUT2D eigenvalue weighted by Crippen LogP contribution is -2.40. The van der Waals surface area contributed by atoms with E-state index >= 15 is 0 Å². The van der Waals surface area contributed by atoms with Crippen molar-refractivity contribution in [3.05, 3.63) is 42.1 Å². The van der Waals surface area contributed by atoms with Crippen LogP contribution in [0, 0.1) is 5.92 Å². The number of carbonyl (C=O) groups excluding carboxylic acids is 1. The average Bonchev–Trinajstić information content (AvgIpc) is 2.54. The summed E-state index contributed by atoms with van der Waals surface area (Å²) < 4.78 is 0. The van der Waals surface area contributed by atoms with Crippen LogP contribution in [0.5, 0.6) is 0 Å². The molecule has 4 heteroatoms. The molecule has 1 amide bonds. The van der Waals surface area contributed by atoms with Gasteiger partial charge >= 0.3 is 0 Å². The van der Waals surface area contributed by atoms with Gasteiger partial charge in [-0.25, -0.2) is 0 Å². The van der Waals surface area contributed by atoms with Gasteiger partial charge in [0.25, 0.3) is 5.91 Å². The first kappa shape index (κ1) is 14.5.